The molecule has 2 heteroatoms. The number of benzene rings is 1. The maximum atomic E-state index is 5.54. The molecule has 0 amide bonds. The smallest absolute Gasteiger partial charge is 0.145 e. The van der Waals surface area contributed by atoms with Crippen molar-refractivity contribution >= 4 is 10.9 Å². The highest BCUT2D eigenvalue weighted by Crippen LogP contribution is 2.22. The number of fused-ring (bicyclic) bond motifs is 1. The van der Waals surface area contributed by atoms with E-state index in [0.717, 1.165) is 23.1 Å². The fourth-order valence-corrected chi connectivity index (χ4v) is 1.37. The summed E-state index contributed by atoms with van der Waals surface area (Å²) >= 11 is 0. The zero-order valence-electron chi connectivity index (χ0n) is 7.94. The average Bonchev–Trinajstić information content (AvgIpc) is 2.26. The number of nitrogens with zero attached hydrogens (tertiary/aromatic N) is 1. The summed E-state index contributed by atoms with van der Waals surface area (Å²) in [5, 5.41) is 1.11. The molecule has 0 saturated carbocycles. The number of pyridine rings is 1. The van der Waals surface area contributed by atoms with Crippen LogP contribution < -0.4 is 4.74 Å². The zero-order chi connectivity index (χ0) is 9.80. The van der Waals surface area contributed by atoms with Gasteiger partial charge in [0, 0.05) is 11.6 Å². The normalized spacial score (nSPS) is 10.4. The van der Waals surface area contributed by atoms with E-state index in [9.17, 15) is 0 Å². The molecule has 71 valence electrons. The van der Waals surface area contributed by atoms with E-state index in [1.165, 1.54) is 0 Å². The Bertz CT molecular complexity index is 420. The van der Waals surface area contributed by atoms with Crippen molar-refractivity contribution in [3.05, 3.63) is 43.5 Å². The second-order valence-corrected chi connectivity index (χ2v) is 3.03. The van der Waals surface area contributed by atoms with Gasteiger partial charge >= 0.3 is 0 Å². The van der Waals surface area contributed by atoms with Gasteiger partial charge in [-0.25, -0.2) is 0 Å². The van der Waals surface area contributed by atoms with Gasteiger partial charge in [0.2, 0.25) is 0 Å². The summed E-state index contributed by atoms with van der Waals surface area (Å²) in [4.78, 5) is 4.29. The van der Waals surface area contributed by atoms with Crippen molar-refractivity contribution in [2.45, 2.75) is 6.42 Å². The van der Waals surface area contributed by atoms with Crippen LogP contribution in [0.3, 0.4) is 0 Å². The molecule has 0 atom stereocenters. The summed E-state index contributed by atoms with van der Waals surface area (Å²) in [6.45, 7) is 4.37. The van der Waals surface area contributed by atoms with Crippen LogP contribution in [0.1, 0.15) is 6.42 Å². The Morgan fingerprint density at radius 1 is 1.21 bits per heavy atom. The van der Waals surface area contributed by atoms with E-state index in [1.54, 1.807) is 6.20 Å². The molecule has 1 heterocycles. The molecule has 0 aliphatic rings. The number of hydrogen-bond acceptors (Lipinski definition) is 2. The molecule has 0 fully saturated rings. The van der Waals surface area contributed by atoms with E-state index in [4.69, 9.17) is 4.74 Å². The highest BCUT2D eigenvalue weighted by Gasteiger charge is 2.00. The highest BCUT2D eigenvalue weighted by atomic mass is 16.5. The number of hydrogen-bond donors (Lipinski definition) is 0. The quantitative estimate of drug-likeness (QED) is 0.735. The van der Waals surface area contributed by atoms with Crippen LogP contribution in [0.15, 0.2) is 36.5 Å². The van der Waals surface area contributed by atoms with Gasteiger partial charge in [-0.2, -0.15) is 0 Å². The molecule has 0 unspecified atom stereocenters. The molecule has 14 heavy (non-hydrogen) atoms. The molecule has 0 aliphatic carbocycles. The number of aromatic nitrogens is 1. The average molecular weight is 186 g/mol. The van der Waals surface area contributed by atoms with Crippen LogP contribution >= 0.6 is 0 Å². The maximum absolute atomic E-state index is 5.54. The van der Waals surface area contributed by atoms with Gasteiger partial charge in [0.05, 0.1) is 6.61 Å². The third kappa shape index (κ3) is 1.69. The lowest BCUT2D eigenvalue weighted by molar-refractivity contribution is 0.327. The minimum Gasteiger partial charge on any atom is -0.491 e. The van der Waals surface area contributed by atoms with Crippen LogP contribution in [0.25, 0.3) is 10.9 Å². The van der Waals surface area contributed by atoms with Crippen LogP contribution in [-0.4, -0.2) is 11.6 Å². The maximum Gasteiger partial charge on any atom is 0.145 e. The number of para-hydroxylation sites is 1. The highest BCUT2D eigenvalue weighted by molar-refractivity contribution is 5.84. The van der Waals surface area contributed by atoms with Crippen LogP contribution in [0.4, 0.5) is 0 Å². The van der Waals surface area contributed by atoms with Crippen LogP contribution in [0.2, 0.25) is 0 Å². The van der Waals surface area contributed by atoms with E-state index >= 15 is 0 Å². The molecular weight excluding hydrogens is 174 g/mol. The monoisotopic (exact) mass is 186 g/mol. The van der Waals surface area contributed by atoms with Gasteiger partial charge in [-0.1, -0.05) is 18.2 Å². The molecule has 2 rings (SSSR count). The summed E-state index contributed by atoms with van der Waals surface area (Å²) in [7, 11) is 0. The van der Waals surface area contributed by atoms with E-state index in [-0.39, 0.29) is 0 Å². The van der Waals surface area contributed by atoms with E-state index in [1.807, 2.05) is 30.3 Å². The summed E-state index contributed by atoms with van der Waals surface area (Å²) in [6, 6.07) is 9.89. The number of ether oxygens (including phenoxy) is 1. The first-order valence-electron chi connectivity index (χ1n) is 4.67. The van der Waals surface area contributed by atoms with Crippen molar-refractivity contribution in [1.82, 2.24) is 4.98 Å². The predicted molar refractivity (Wildman–Crippen MR) is 57.2 cm³/mol. The largest absolute Gasteiger partial charge is 0.491 e. The molecule has 1 aromatic carbocycles. The van der Waals surface area contributed by atoms with E-state index in [2.05, 4.69) is 11.9 Å². The molecular formula is C12H12NO. The van der Waals surface area contributed by atoms with Crippen LogP contribution in [0, 0.1) is 6.92 Å². The molecule has 0 bridgehead atoms. The fourth-order valence-electron chi connectivity index (χ4n) is 1.37. The summed E-state index contributed by atoms with van der Waals surface area (Å²) in [5.74, 6) is 0.840. The topological polar surface area (TPSA) is 22.1 Å². The van der Waals surface area contributed by atoms with Crippen molar-refractivity contribution in [1.29, 1.82) is 0 Å². The third-order valence-electron chi connectivity index (χ3n) is 2.00. The van der Waals surface area contributed by atoms with Crippen molar-refractivity contribution in [3.63, 3.8) is 0 Å². The first-order valence-corrected chi connectivity index (χ1v) is 4.67. The van der Waals surface area contributed by atoms with Crippen LogP contribution in [-0.2, 0) is 0 Å². The lowest BCUT2D eigenvalue weighted by Crippen LogP contribution is -1.96. The van der Waals surface area contributed by atoms with Crippen LogP contribution in [0.5, 0.6) is 5.75 Å². The summed E-state index contributed by atoms with van der Waals surface area (Å²) in [5.41, 5.74) is 0.920. The lowest BCUT2D eigenvalue weighted by Gasteiger charge is -2.06. The summed E-state index contributed by atoms with van der Waals surface area (Å²) < 4.78 is 5.54. The second kappa shape index (κ2) is 4.09. The molecule has 0 spiro atoms. The molecule has 2 aromatic rings. The first-order chi connectivity index (χ1) is 6.92. The minimum absolute atomic E-state index is 0.635. The Balaban J connectivity index is 2.43. The van der Waals surface area contributed by atoms with Gasteiger partial charge in [-0.15, -0.1) is 0 Å². The second-order valence-electron chi connectivity index (χ2n) is 3.03. The zero-order valence-corrected chi connectivity index (χ0v) is 7.94. The molecule has 0 saturated heterocycles. The van der Waals surface area contributed by atoms with Gasteiger partial charge in [0.25, 0.3) is 0 Å². The number of rotatable bonds is 3. The van der Waals surface area contributed by atoms with Crippen molar-refractivity contribution in [2.75, 3.05) is 6.61 Å². The molecule has 2 nitrogen and oxygen atoms in total. The van der Waals surface area contributed by atoms with Gasteiger partial charge < -0.3 is 4.74 Å². The third-order valence-corrected chi connectivity index (χ3v) is 2.00. The Hall–Kier alpha value is -1.57. The molecule has 1 radical (unpaired) electrons. The van der Waals surface area contributed by atoms with Gasteiger partial charge in [0.1, 0.15) is 11.3 Å². The fraction of sp³-hybridized carbons (Fsp3) is 0.167. The molecule has 0 N–H and O–H groups in total. The predicted octanol–water partition coefficient (Wildman–Crippen LogP) is 2.84. The Labute approximate surface area is 83.5 Å². The van der Waals surface area contributed by atoms with Crippen molar-refractivity contribution in [2.24, 2.45) is 0 Å². The standard InChI is InChI=1S/C12H12NO/c1-2-9-14-11-7-3-5-10-6-4-8-13-12(10)11/h3-8H,1-2,9H2. The van der Waals surface area contributed by atoms with Gasteiger partial charge in [-0.05, 0) is 25.5 Å². The minimum atomic E-state index is 0.635. The van der Waals surface area contributed by atoms with Crippen molar-refractivity contribution in [3.8, 4) is 5.75 Å². The Morgan fingerprint density at radius 3 is 2.93 bits per heavy atom. The van der Waals surface area contributed by atoms with E-state index < -0.39 is 0 Å². The Morgan fingerprint density at radius 2 is 2.07 bits per heavy atom. The first kappa shape index (κ1) is 9.00. The Kier molecular flexibility index (Phi) is 2.63. The van der Waals surface area contributed by atoms with Crippen molar-refractivity contribution < 1.29 is 4.74 Å². The molecule has 1 aromatic heterocycles. The van der Waals surface area contributed by atoms with E-state index in [0.29, 0.717) is 6.61 Å². The SMILES string of the molecule is [CH2]CCOc1cccc2cccnc12. The van der Waals surface area contributed by atoms with Gasteiger partial charge in [-0.3, -0.25) is 4.98 Å². The van der Waals surface area contributed by atoms with Gasteiger partial charge in [0.15, 0.2) is 0 Å². The summed E-state index contributed by atoms with van der Waals surface area (Å²) in [6.07, 6.45) is 2.54. The molecule has 0 aliphatic heterocycles. The lowest BCUT2D eigenvalue weighted by atomic mass is 10.2.